The molecule has 319 valence electrons. The van der Waals surface area contributed by atoms with Gasteiger partial charge in [-0.2, -0.15) is 13.2 Å². The van der Waals surface area contributed by atoms with Gasteiger partial charge in [0.05, 0.1) is 11.3 Å². The zero-order valence-corrected chi connectivity index (χ0v) is 38.9. The van der Waals surface area contributed by atoms with E-state index in [2.05, 4.69) is 99.5 Å². The van der Waals surface area contributed by atoms with Crippen molar-refractivity contribution in [1.82, 2.24) is 9.38 Å². The first-order valence-corrected chi connectivity index (χ1v) is 21.3. The van der Waals surface area contributed by atoms with Crippen molar-refractivity contribution in [2.75, 3.05) is 0 Å². The van der Waals surface area contributed by atoms with Gasteiger partial charge in [-0.05, 0) is 100 Å². The minimum atomic E-state index is -4.51. The van der Waals surface area contributed by atoms with Crippen LogP contribution in [0.25, 0.3) is 60.1 Å². The molecule has 3 aromatic heterocycles. The second-order valence-corrected chi connectivity index (χ2v) is 16.9. The molecule has 0 atom stereocenters. The summed E-state index contributed by atoms with van der Waals surface area (Å²) in [5, 5.41) is 13.8. The van der Waals surface area contributed by atoms with Gasteiger partial charge in [0.2, 0.25) is 0 Å². The van der Waals surface area contributed by atoms with Crippen LogP contribution in [0.15, 0.2) is 90.8 Å². The average Bonchev–Trinajstić information content (AvgIpc) is 3.61. The van der Waals surface area contributed by atoms with E-state index in [1.807, 2.05) is 52.0 Å². The normalized spacial score (nSPS) is 12.5. The molecule has 60 heavy (non-hydrogen) atoms. The molecule has 8 heteroatoms. The first-order valence-electron chi connectivity index (χ1n) is 21.3. The number of nitrogens with zero attached hydrogens (tertiary/aromatic N) is 2. The van der Waals surface area contributed by atoms with E-state index in [9.17, 15) is 23.1 Å². The number of aromatic nitrogens is 2. The second kappa shape index (κ2) is 19.0. The number of alkyl halides is 3. The number of hydrogen-bond acceptors (Lipinski definition) is 3. The molecule has 7 aromatic rings. The van der Waals surface area contributed by atoms with Crippen molar-refractivity contribution in [3.05, 3.63) is 119 Å². The summed E-state index contributed by atoms with van der Waals surface area (Å²) in [5.41, 5.74) is 8.50. The van der Waals surface area contributed by atoms with Crippen molar-refractivity contribution in [2.24, 2.45) is 11.8 Å². The van der Waals surface area contributed by atoms with E-state index in [0.29, 0.717) is 27.7 Å². The van der Waals surface area contributed by atoms with Crippen LogP contribution < -0.4 is 0 Å². The molecule has 0 unspecified atom stereocenters. The van der Waals surface area contributed by atoms with Crippen molar-refractivity contribution in [3.8, 4) is 11.1 Å². The third-order valence-electron chi connectivity index (χ3n) is 12.1. The second-order valence-electron chi connectivity index (χ2n) is 16.9. The summed E-state index contributed by atoms with van der Waals surface area (Å²) < 4.78 is 44.1. The van der Waals surface area contributed by atoms with Gasteiger partial charge in [-0.1, -0.05) is 129 Å². The summed E-state index contributed by atoms with van der Waals surface area (Å²) in [4.78, 5) is 16.1. The van der Waals surface area contributed by atoms with E-state index in [1.165, 1.54) is 34.4 Å². The quantitative estimate of drug-likeness (QED) is 0.0462. The van der Waals surface area contributed by atoms with Gasteiger partial charge >= 0.3 is 6.18 Å². The van der Waals surface area contributed by atoms with Gasteiger partial charge in [-0.25, -0.2) is 0 Å². The largest absolute Gasteiger partial charge is 0.512 e. The predicted molar refractivity (Wildman–Crippen MR) is 241 cm³/mol. The Bertz CT molecular complexity index is 2650. The molecule has 3 heterocycles. The number of rotatable bonds is 11. The molecule has 0 fully saturated rings. The number of hydrogen-bond donors (Lipinski definition) is 1. The zero-order valence-electron chi connectivity index (χ0n) is 36.5. The van der Waals surface area contributed by atoms with Crippen LogP contribution in [-0.2, 0) is 31.1 Å². The maximum absolute atomic E-state index is 14.0. The average molecular weight is 992 g/mol. The zero-order chi connectivity index (χ0) is 42.9. The van der Waals surface area contributed by atoms with Crippen molar-refractivity contribution >= 4 is 54.8 Å². The van der Waals surface area contributed by atoms with E-state index in [4.69, 9.17) is 0 Å². The molecule has 4 aromatic carbocycles. The molecule has 1 radical (unpaired) electrons. The molecule has 1 N–H and O–H groups in total. The van der Waals surface area contributed by atoms with Crippen molar-refractivity contribution in [2.45, 2.75) is 119 Å². The molecule has 0 amide bonds. The van der Waals surface area contributed by atoms with E-state index in [1.54, 1.807) is 0 Å². The van der Waals surface area contributed by atoms with Crippen LogP contribution >= 0.6 is 0 Å². The Morgan fingerprint density at radius 3 is 1.93 bits per heavy atom. The smallest absolute Gasteiger partial charge is 0.417 e. The van der Waals surface area contributed by atoms with Crippen LogP contribution in [0.2, 0.25) is 0 Å². The molecule has 0 saturated carbocycles. The molecule has 0 aliphatic carbocycles. The number of pyridine rings is 2. The van der Waals surface area contributed by atoms with Crippen molar-refractivity contribution < 1.29 is 43.2 Å². The van der Waals surface area contributed by atoms with Crippen molar-refractivity contribution in [3.63, 3.8) is 0 Å². The van der Waals surface area contributed by atoms with Crippen molar-refractivity contribution in [1.29, 1.82) is 0 Å². The maximum Gasteiger partial charge on any atom is 0.417 e. The Labute approximate surface area is 366 Å². The number of aliphatic hydroxyl groups is 1. The fraction of sp³-hybridized carbons (Fsp3) is 0.385. The Hall–Kier alpha value is -4.52. The summed E-state index contributed by atoms with van der Waals surface area (Å²) in [6.07, 6.45) is 1.34. The molecule has 0 bridgehead atoms. The molecular formula is C52H58F3IrN2O2-. The monoisotopic (exact) mass is 992 g/mol. The first kappa shape index (κ1) is 46.5. The minimum absolute atomic E-state index is 0. The van der Waals surface area contributed by atoms with Crippen LogP contribution in [-0.4, -0.2) is 20.3 Å². The van der Waals surface area contributed by atoms with Gasteiger partial charge in [0.1, 0.15) is 0 Å². The van der Waals surface area contributed by atoms with Gasteiger partial charge in [0.25, 0.3) is 0 Å². The number of aliphatic hydroxyl groups excluding tert-OH is 1. The van der Waals surface area contributed by atoms with E-state index in [0.717, 1.165) is 64.6 Å². The summed E-state index contributed by atoms with van der Waals surface area (Å²) in [5.74, 6) is 1.52. The van der Waals surface area contributed by atoms with Gasteiger partial charge in [0, 0.05) is 66.2 Å². The summed E-state index contributed by atoms with van der Waals surface area (Å²) in [7, 11) is 0. The minimum Gasteiger partial charge on any atom is -0.512 e. The molecule has 0 spiro atoms. The Morgan fingerprint density at radius 1 is 0.750 bits per heavy atom. The van der Waals surface area contributed by atoms with Crippen LogP contribution in [0.1, 0.15) is 135 Å². The predicted octanol–water partition coefficient (Wildman–Crippen LogP) is 15.7. The molecule has 0 aliphatic heterocycles. The fourth-order valence-corrected chi connectivity index (χ4v) is 8.48. The third-order valence-corrected chi connectivity index (χ3v) is 12.1. The van der Waals surface area contributed by atoms with E-state index in [-0.39, 0.29) is 55.3 Å². The van der Waals surface area contributed by atoms with E-state index < -0.39 is 11.7 Å². The van der Waals surface area contributed by atoms with Gasteiger partial charge < -0.3 is 9.51 Å². The van der Waals surface area contributed by atoms with Crippen LogP contribution in [0, 0.1) is 17.9 Å². The van der Waals surface area contributed by atoms with E-state index >= 15 is 0 Å². The summed E-state index contributed by atoms with van der Waals surface area (Å²) in [6, 6.07) is 27.9. The third kappa shape index (κ3) is 9.06. The SMILES string of the molecule is CC(C)c1cc(C(C)C)c(-c2cccc3c2cc2c4cc(C(F)(F)F)cnc4c4[c-]c5ccccc5cc4n32)c(C(C)C)c1.CCC(CC)C(=O)/C=C(\O)C(CC)CC.[Ir]. The van der Waals surface area contributed by atoms with Gasteiger partial charge in [0.15, 0.2) is 5.78 Å². The summed E-state index contributed by atoms with van der Waals surface area (Å²) in [6.45, 7) is 21.5. The molecular weight excluding hydrogens is 934 g/mol. The van der Waals surface area contributed by atoms with Gasteiger partial charge in [-0.3, -0.25) is 9.78 Å². The van der Waals surface area contributed by atoms with Crippen LogP contribution in [0.5, 0.6) is 0 Å². The Kier molecular flexibility index (Phi) is 14.8. The summed E-state index contributed by atoms with van der Waals surface area (Å²) >= 11 is 0. The first-order chi connectivity index (χ1) is 28.0. The number of benzene rings is 4. The Balaban J connectivity index is 0.000000367. The Morgan fingerprint density at radius 2 is 1.37 bits per heavy atom. The van der Waals surface area contributed by atoms with Crippen LogP contribution in [0.4, 0.5) is 13.2 Å². The number of halogens is 3. The maximum atomic E-state index is 14.0. The molecule has 7 rings (SSSR count). The number of fused-ring (bicyclic) bond motifs is 9. The number of ketones is 1. The molecule has 4 nitrogen and oxygen atoms in total. The number of carbonyl (C=O) groups excluding carboxylic acids is 1. The van der Waals surface area contributed by atoms with Gasteiger partial charge in [-0.15, -0.1) is 17.5 Å². The fourth-order valence-electron chi connectivity index (χ4n) is 8.48. The molecule has 0 saturated heterocycles. The standard InChI is InChI=1S/C39H34F3N2.C13H24O2.Ir/c1-21(2)26-15-29(22(3)4)37(30(16-26)23(5)6)28-12-9-13-34-31(28)19-36-33-18-27(39(40,41)42)20-43-38(33)32-14-24-10-7-8-11-25(24)17-35(32)44(34)36;1-5-10(6-2)12(14)9-13(15)11(7-3)8-4;/h7-13,15-23H,1-6H3;9-11,14H,5-8H2,1-4H3;/q-1;;/b;12-9-;. The van der Waals surface area contributed by atoms with Crippen LogP contribution in [0.3, 0.4) is 0 Å². The molecule has 0 aliphatic rings. The number of carbonyl (C=O) groups is 1. The topological polar surface area (TPSA) is 54.6 Å². The number of allylic oxidation sites excluding steroid dienone is 2.